The Hall–Kier alpha value is -2.62. The summed E-state index contributed by atoms with van der Waals surface area (Å²) in [6, 6.07) is 12.0. The van der Waals surface area contributed by atoms with Gasteiger partial charge < -0.3 is 4.74 Å². The van der Waals surface area contributed by atoms with E-state index in [2.05, 4.69) is 10.1 Å². The second-order valence-corrected chi connectivity index (χ2v) is 4.76. The van der Waals surface area contributed by atoms with Crippen LogP contribution in [0, 0.1) is 0 Å². The van der Waals surface area contributed by atoms with Gasteiger partial charge in [0, 0.05) is 36.8 Å². The van der Waals surface area contributed by atoms with Gasteiger partial charge in [0.2, 0.25) is 0 Å². The summed E-state index contributed by atoms with van der Waals surface area (Å²) in [4.78, 5) is 4.07. The van der Waals surface area contributed by atoms with Crippen LogP contribution in [0.2, 0.25) is 0 Å². The predicted molar refractivity (Wildman–Crippen MR) is 83.0 cm³/mol. The Bertz CT molecular complexity index is 718. The van der Waals surface area contributed by atoms with Crippen LogP contribution in [0.15, 0.2) is 55.0 Å². The van der Waals surface area contributed by atoms with Crippen LogP contribution >= 0.6 is 0 Å². The minimum absolute atomic E-state index is 0.672. The van der Waals surface area contributed by atoms with E-state index in [1.54, 1.807) is 12.4 Å². The van der Waals surface area contributed by atoms with Crippen LogP contribution in [-0.2, 0) is 7.05 Å². The Labute approximate surface area is 124 Å². The molecule has 1 aromatic carbocycles. The summed E-state index contributed by atoms with van der Waals surface area (Å²) in [5, 5.41) is 4.59. The van der Waals surface area contributed by atoms with Gasteiger partial charge in [0.15, 0.2) is 0 Å². The SMILES string of the molecule is CCOc1ccc(-c2nn(C)cc2-c2ccncc2)cc1. The standard InChI is InChI=1S/C17H17N3O/c1-3-21-15-6-4-14(5-7-15)17-16(12-20(2)19-17)13-8-10-18-11-9-13/h4-12H,3H2,1-2H3. The molecule has 0 amide bonds. The van der Waals surface area contributed by atoms with E-state index in [9.17, 15) is 0 Å². The molecule has 0 saturated carbocycles. The first-order chi connectivity index (χ1) is 10.3. The van der Waals surface area contributed by atoms with E-state index in [4.69, 9.17) is 4.74 Å². The van der Waals surface area contributed by atoms with Crippen LogP contribution in [0.25, 0.3) is 22.4 Å². The van der Waals surface area contributed by atoms with Crippen molar-refractivity contribution in [2.75, 3.05) is 6.61 Å². The smallest absolute Gasteiger partial charge is 0.119 e. The summed E-state index contributed by atoms with van der Waals surface area (Å²) in [5.74, 6) is 0.877. The molecule has 3 aromatic rings. The zero-order valence-electron chi connectivity index (χ0n) is 12.2. The van der Waals surface area contributed by atoms with E-state index in [0.29, 0.717) is 6.61 Å². The Morgan fingerprint density at radius 3 is 2.38 bits per heavy atom. The van der Waals surface area contributed by atoms with E-state index >= 15 is 0 Å². The molecule has 21 heavy (non-hydrogen) atoms. The lowest BCUT2D eigenvalue weighted by Gasteiger charge is -2.05. The molecule has 0 radical (unpaired) electrons. The lowest BCUT2D eigenvalue weighted by Crippen LogP contribution is -1.91. The molecule has 0 saturated heterocycles. The summed E-state index contributed by atoms with van der Waals surface area (Å²) in [6.45, 7) is 2.65. The number of ether oxygens (including phenoxy) is 1. The van der Waals surface area contributed by atoms with E-state index in [1.165, 1.54) is 0 Å². The third-order valence-corrected chi connectivity index (χ3v) is 3.26. The molecular weight excluding hydrogens is 262 g/mol. The van der Waals surface area contributed by atoms with Crippen molar-refractivity contribution in [2.24, 2.45) is 7.05 Å². The fourth-order valence-electron chi connectivity index (χ4n) is 2.32. The van der Waals surface area contributed by atoms with Gasteiger partial charge in [-0.05, 0) is 48.9 Å². The van der Waals surface area contributed by atoms with Crippen molar-refractivity contribution >= 4 is 0 Å². The quantitative estimate of drug-likeness (QED) is 0.733. The third kappa shape index (κ3) is 2.79. The molecule has 0 aliphatic heterocycles. The third-order valence-electron chi connectivity index (χ3n) is 3.26. The molecule has 2 aromatic heterocycles. The number of aromatic nitrogens is 3. The summed E-state index contributed by atoms with van der Waals surface area (Å²) in [5.41, 5.74) is 4.25. The fourth-order valence-corrected chi connectivity index (χ4v) is 2.32. The molecule has 0 aliphatic rings. The number of hydrogen-bond donors (Lipinski definition) is 0. The van der Waals surface area contributed by atoms with Gasteiger partial charge in [0.1, 0.15) is 11.4 Å². The van der Waals surface area contributed by atoms with Crippen LogP contribution in [-0.4, -0.2) is 21.4 Å². The highest BCUT2D eigenvalue weighted by atomic mass is 16.5. The normalized spacial score (nSPS) is 10.6. The first kappa shape index (κ1) is 13.4. The van der Waals surface area contributed by atoms with Crippen molar-refractivity contribution < 1.29 is 4.74 Å². The minimum Gasteiger partial charge on any atom is -0.494 e. The maximum absolute atomic E-state index is 5.48. The maximum atomic E-state index is 5.48. The van der Waals surface area contributed by atoms with E-state index in [-0.39, 0.29) is 0 Å². The molecule has 4 heteroatoms. The molecule has 0 unspecified atom stereocenters. The number of benzene rings is 1. The zero-order valence-corrected chi connectivity index (χ0v) is 12.2. The first-order valence-electron chi connectivity index (χ1n) is 6.95. The van der Waals surface area contributed by atoms with Gasteiger partial charge in [-0.25, -0.2) is 0 Å². The second-order valence-electron chi connectivity index (χ2n) is 4.76. The van der Waals surface area contributed by atoms with Crippen molar-refractivity contribution in [1.29, 1.82) is 0 Å². The average Bonchev–Trinajstić information content (AvgIpc) is 2.91. The van der Waals surface area contributed by atoms with Crippen LogP contribution in [0.1, 0.15) is 6.92 Å². The number of aryl methyl sites for hydroxylation is 1. The Morgan fingerprint density at radius 1 is 1.00 bits per heavy atom. The highest BCUT2D eigenvalue weighted by Gasteiger charge is 2.12. The average molecular weight is 279 g/mol. The van der Waals surface area contributed by atoms with Gasteiger partial charge in [-0.3, -0.25) is 9.67 Å². The fraction of sp³-hybridized carbons (Fsp3) is 0.176. The Kier molecular flexibility index (Phi) is 3.69. The minimum atomic E-state index is 0.672. The molecule has 3 rings (SSSR count). The molecule has 4 nitrogen and oxygen atoms in total. The van der Waals surface area contributed by atoms with Crippen LogP contribution in [0.5, 0.6) is 5.75 Å². The molecule has 0 fully saturated rings. The van der Waals surface area contributed by atoms with E-state index in [0.717, 1.165) is 28.1 Å². The lowest BCUT2D eigenvalue weighted by molar-refractivity contribution is 0.340. The highest BCUT2D eigenvalue weighted by molar-refractivity contribution is 5.80. The molecule has 0 bridgehead atoms. The van der Waals surface area contributed by atoms with Crippen molar-refractivity contribution in [1.82, 2.24) is 14.8 Å². The molecule has 2 heterocycles. The predicted octanol–water partition coefficient (Wildman–Crippen LogP) is 3.55. The molecule has 106 valence electrons. The summed E-state index contributed by atoms with van der Waals surface area (Å²) >= 11 is 0. The van der Waals surface area contributed by atoms with Crippen molar-refractivity contribution in [3.8, 4) is 28.1 Å². The largest absolute Gasteiger partial charge is 0.494 e. The Morgan fingerprint density at radius 2 is 1.71 bits per heavy atom. The molecule has 0 atom stereocenters. The van der Waals surface area contributed by atoms with Crippen LogP contribution in [0.3, 0.4) is 0 Å². The monoisotopic (exact) mass is 279 g/mol. The van der Waals surface area contributed by atoms with Gasteiger partial charge in [0.05, 0.1) is 6.61 Å². The zero-order chi connectivity index (χ0) is 14.7. The highest BCUT2D eigenvalue weighted by Crippen LogP contribution is 2.31. The Balaban J connectivity index is 2.02. The molecule has 0 aliphatic carbocycles. The molecular formula is C17H17N3O. The lowest BCUT2D eigenvalue weighted by atomic mass is 10.0. The van der Waals surface area contributed by atoms with Gasteiger partial charge in [-0.2, -0.15) is 5.10 Å². The summed E-state index contributed by atoms with van der Waals surface area (Å²) in [6.07, 6.45) is 5.62. The van der Waals surface area contributed by atoms with Crippen molar-refractivity contribution in [2.45, 2.75) is 6.92 Å². The van der Waals surface area contributed by atoms with E-state index < -0.39 is 0 Å². The topological polar surface area (TPSA) is 39.9 Å². The summed E-state index contributed by atoms with van der Waals surface area (Å²) in [7, 11) is 1.93. The van der Waals surface area contributed by atoms with Gasteiger partial charge in [0.25, 0.3) is 0 Å². The number of pyridine rings is 1. The van der Waals surface area contributed by atoms with Gasteiger partial charge in [-0.15, -0.1) is 0 Å². The molecule has 0 N–H and O–H groups in total. The number of rotatable bonds is 4. The van der Waals surface area contributed by atoms with Crippen LogP contribution < -0.4 is 4.74 Å². The van der Waals surface area contributed by atoms with Gasteiger partial charge >= 0.3 is 0 Å². The second kappa shape index (κ2) is 5.79. The maximum Gasteiger partial charge on any atom is 0.119 e. The first-order valence-corrected chi connectivity index (χ1v) is 6.95. The van der Waals surface area contributed by atoms with Gasteiger partial charge in [-0.1, -0.05) is 0 Å². The summed E-state index contributed by atoms with van der Waals surface area (Å²) < 4.78 is 7.32. The van der Waals surface area contributed by atoms with Crippen molar-refractivity contribution in [3.05, 3.63) is 55.0 Å². The number of hydrogen-bond acceptors (Lipinski definition) is 3. The van der Waals surface area contributed by atoms with Crippen LogP contribution in [0.4, 0.5) is 0 Å². The van der Waals surface area contributed by atoms with E-state index in [1.807, 2.05) is 61.2 Å². The number of nitrogens with zero attached hydrogens (tertiary/aromatic N) is 3. The van der Waals surface area contributed by atoms with Crippen molar-refractivity contribution in [3.63, 3.8) is 0 Å². The molecule has 0 spiro atoms.